The Bertz CT molecular complexity index is 1290. The van der Waals surface area contributed by atoms with E-state index in [0.717, 1.165) is 27.6 Å². The topological polar surface area (TPSA) is 51.1 Å². The lowest BCUT2D eigenvalue weighted by atomic mass is 9.91. The molecule has 1 heterocycles. The van der Waals surface area contributed by atoms with Crippen molar-refractivity contribution in [2.45, 2.75) is 24.3 Å². The van der Waals surface area contributed by atoms with Gasteiger partial charge in [0, 0.05) is 36.1 Å². The highest BCUT2D eigenvalue weighted by Crippen LogP contribution is 2.32. The molecule has 1 atom stereocenters. The maximum absolute atomic E-state index is 13.0. The monoisotopic (exact) mass is 430 g/mol. The van der Waals surface area contributed by atoms with Crippen molar-refractivity contribution in [1.82, 2.24) is 9.29 Å². The summed E-state index contributed by atoms with van der Waals surface area (Å²) >= 11 is 0. The summed E-state index contributed by atoms with van der Waals surface area (Å²) in [6.45, 7) is 6.77. The molecule has 0 amide bonds. The van der Waals surface area contributed by atoms with Gasteiger partial charge in [-0.25, -0.2) is 13.1 Å². The third kappa shape index (κ3) is 4.48. The first kappa shape index (κ1) is 21.1. The fraction of sp³-hybridized carbons (Fsp3) is 0.154. The van der Waals surface area contributed by atoms with Crippen molar-refractivity contribution in [3.63, 3.8) is 0 Å². The lowest BCUT2D eigenvalue weighted by Gasteiger charge is -2.18. The third-order valence-corrected chi connectivity index (χ3v) is 6.97. The van der Waals surface area contributed by atoms with Crippen molar-refractivity contribution in [2.75, 3.05) is 6.54 Å². The van der Waals surface area contributed by atoms with Crippen LogP contribution in [0, 0.1) is 6.92 Å². The average molecular weight is 431 g/mol. The minimum atomic E-state index is -3.62. The van der Waals surface area contributed by atoms with Crippen molar-refractivity contribution in [3.05, 3.63) is 114 Å². The minimum absolute atomic E-state index is 0.127. The summed E-state index contributed by atoms with van der Waals surface area (Å²) in [5.74, 6) is -0.127. The molecule has 1 unspecified atom stereocenters. The third-order valence-electron chi connectivity index (χ3n) is 5.53. The summed E-state index contributed by atoms with van der Waals surface area (Å²) in [7, 11) is -3.62. The molecule has 0 aliphatic heterocycles. The van der Waals surface area contributed by atoms with E-state index in [1.165, 1.54) is 0 Å². The second-order valence-corrected chi connectivity index (χ2v) is 9.44. The number of aromatic nitrogens is 1. The molecule has 4 nitrogen and oxygen atoms in total. The van der Waals surface area contributed by atoms with E-state index in [1.54, 1.807) is 12.1 Å². The summed E-state index contributed by atoms with van der Waals surface area (Å²) in [5, 5.41) is 1.12. The SMILES string of the molecule is C=CCn1cc(C(CNS(=O)(=O)c2ccc(C)cc2)c2ccccc2)c2ccccc21. The van der Waals surface area contributed by atoms with Gasteiger partial charge in [0.2, 0.25) is 10.0 Å². The van der Waals surface area contributed by atoms with Crippen LogP contribution in [0.5, 0.6) is 0 Å². The molecule has 31 heavy (non-hydrogen) atoms. The fourth-order valence-electron chi connectivity index (χ4n) is 3.93. The van der Waals surface area contributed by atoms with Crippen LogP contribution in [-0.2, 0) is 16.6 Å². The van der Waals surface area contributed by atoms with Crippen molar-refractivity contribution in [1.29, 1.82) is 0 Å². The molecule has 3 aromatic carbocycles. The molecular formula is C26H26N2O2S. The predicted molar refractivity (Wildman–Crippen MR) is 127 cm³/mol. The van der Waals surface area contributed by atoms with E-state index >= 15 is 0 Å². The molecule has 0 aliphatic rings. The second kappa shape index (κ2) is 8.92. The van der Waals surface area contributed by atoms with Crippen LogP contribution in [0.15, 0.2) is 103 Å². The van der Waals surface area contributed by atoms with Crippen LogP contribution >= 0.6 is 0 Å². The van der Waals surface area contributed by atoms with E-state index in [9.17, 15) is 8.42 Å². The maximum Gasteiger partial charge on any atom is 0.240 e. The number of aryl methyl sites for hydroxylation is 1. The Hall–Kier alpha value is -3.15. The van der Waals surface area contributed by atoms with Crippen LogP contribution < -0.4 is 4.72 Å². The standard InChI is InChI=1S/C26H26N2O2S/c1-3-17-28-19-25(23-11-7-8-12-26(23)28)24(21-9-5-4-6-10-21)18-27-31(29,30)22-15-13-20(2)14-16-22/h3-16,19,24,27H,1,17-18H2,2H3. The zero-order valence-electron chi connectivity index (χ0n) is 17.5. The first-order chi connectivity index (χ1) is 15.0. The molecule has 0 saturated carbocycles. The van der Waals surface area contributed by atoms with Gasteiger partial charge in [-0.1, -0.05) is 72.3 Å². The first-order valence-corrected chi connectivity index (χ1v) is 11.8. The highest BCUT2D eigenvalue weighted by molar-refractivity contribution is 7.89. The number of allylic oxidation sites excluding steroid dienone is 1. The van der Waals surface area contributed by atoms with Gasteiger partial charge in [0.25, 0.3) is 0 Å². The Labute approximate surface area is 183 Å². The molecule has 0 radical (unpaired) electrons. The van der Waals surface area contributed by atoms with Crippen LogP contribution in [0.1, 0.15) is 22.6 Å². The van der Waals surface area contributed by atoms with Crippen LogP contribution in [0.3, 0.4) is 0 Å². The van der Waals surface area contributed by atoms with E-state index in [4.69, 9.17) is 0 Å². The van der Waals surface area contributed by atoms with Crippen LogP contribution in [-0.4, -0.2) is 19.5 Å². The van der Waals surface area contributed by atoms with Gasteiger partial charge in [-0.15, -0.1) is 6.58 Å². The number of rotatable bonds is 8. The van der Waals surface area contributed by atoms with Crippen LogP contribution in [0.2, 0.25) is 0 Å². The van der Waals surface area contributed by atoms with E-state index in [1.807, 2.05) is 67.6 Å². The van der Waals surface area contributed by atoms with Crippen LogP contribution in [0.4, 0.5) is 0 Å². The number of sulfonamides is 1. The number of nitrogens with one attached hydrogen (secondary N) is 1. The van der Waals surface area contributed by atoms with Gasteiger partial charge in [-0.3, -0.25) is 0 Å². The number of fused-ring (bicyclic) bond motifs is 1. The Morgan fingerprint density at radius 1 is 0.968 bits per heavy atom. The van der Waals surface area contributed by atoms with Gasteiger partial charge >= 0.3 is 0 Å². The maximum atomic E-state index is 13.0. The lowest BCUT2D eigenvalue weighted by molar-refractivity contribution is 0.577. The number of hydrogen-bond donors (Lipinski definition) is 1. The lowest BCUT2D eigenvalue weighted by Crippen LogP contribution is -2.29. The number of para-hydroxylation sites is 1. The van der Waals surface area contributed by atoms with Crippen molar-refractivity contribution in [2.24, 2.45) is 0 Å². The fourth-order valence-corrected chi connectivity index (χ4v) is 4.98. The summed E-state index contributed by atoms with van der Waals surface area (Å²) in [4.78, 5) is 0.277. The Balaban J connectivity index is 1.74. The Kier molecular flexibility index (Phi) is 6.07. The molecule has 158 valence electrons. The van der Waals surface area contributed by atoms with E-state index in [0.29, 0.717) is 6.54 Å². The molecule has 1 aromatic heterocycles. The van der Waals surface area contributed by atoms with Gasteiger partial charge in [-0.05, 0) is 36.2 Å². The van der Waals surface area contributed by atoms with Crippen molar-refractivity contribution in [3.8, 4) is 0 Å². The van der Waals surface area contributed by atoms with Gasteiger partial charge in [0.05, 0.1) is 4.90 Å². The number of benzene rings is 3. The van der Waals surface area contributed by atoms with E-state index < -0.39 is 10.0 Å². The van der Waals surface area contributed by atoms with Gasteiger partial charge < -0.3 is 4.57 Å². The van der Waals surface area contributed by atoms with Crippen molar-refractivity contribution < 1.29 is 8.42 Å². The highest BCUT2D eigenvalue weighted by atomic mass is 32.2. The van der Waals surface area contributed by atoms with Gasteiger partial charge in [-0.2, -0.15) is 0 Å². The largest absolute Gasteiger partial charge is 0.343 e. The minimum Gasteiger partial charge on any atom is -0.343 e. The molecule has 4 aromatic rings. The summed E-state index contributed by atoms with van der Waals surface area (Å²) in [5.41, 5.74) is 4.29. The molecule has 0 saturated heterocycles. The van der Waals surface area contributed by atoms with Crippen LogP contribution in [0.25, 0.3) is 10.9 Å². The summed E-state index contributed by atoms with van der Waals surface area (Å²) < 4.78 is 30.9. The molecular weight excluding hydrogens is 404 g/mol. The predicted octanol–water partition coefficient (Wildman–Crippen LogP) is 5.25. The van der Waals surface area contributed by atoms with Crippen molar-refractivity contribution >= 4 is 20.9 Å². The molecule has 0 aliphatic carbocycles. The Morgan fingerprint density at radius 3 is 2.35 bits per heavy atom. The molecule has 4 rings (SSSR count). The summed E-state index contributed by atoms with van der Waals surface area (Å²) in [6, 6.07) is 25.2. The highest BCUT2D eigenvalue weighted by Gasteiger charge is 2.23. The number of hydrogen-bond acceptors (Lipinski definition) is 2. The average Bonchev–Trinajstić information content (AvgIpc) is 3.14. The molecule has 0 fully saturated rings. The molecule has 5 heteroatoms. The molecule has 0 bridgehead atoms. The zero-order valence-corrected chi connectivity index (χ0v) is 18.3. The Morgan fingerprint density at radius 2 is 1.65 bits per heavy atom. The molecule has 0 spiro atoms. The first-order valence-electron chi connectivity index (χ1n) is 10.3. The van der Waals surface area contributed by atoms with Gasteiger partial charge in [0.15, 0.2) is 0 Å². The number of nitrogens with zero attached hydrogens (tertiary/aromatic N) is 1. The smallest absolute Gasteiger partial charge is 0.240 e. The zero-order chi connectivity index (χ0) is 21.8. The second-order valence-electron chi connectivity index (χ2n) is 7.67. The summed E-state index contributed by atoms with van der Waals surface area (Å²) in [6.07, 6.45) is 3.98. The quantitative estimate of drug-likeness (QED) is 0.388. The van der Waals surface area contributed by atoms with Gasteiger partial charge in [0.1, 0.15) is 0 Å². The van der Waals surface area contributed by atoms with E-state index in [2.05, 4.69) is 34.2 Å². The van der Waals surface area contributed by atoms with E-state index in [-0.39, 0.29) is 17.4 Å². The normalized spacial score (nSPS) is 12.7. The molecule has 1 N–H and O–H groups in total.